The number of carbonyl (C=O) groups excluding carboxylic acids is 2. The molecule has 1 aliphatic rings. The van der Waals surface area contributed by atoms with Gasteiger partial charge in [0, 0.05) is 6.04 Å². The summed E-state index contributed by atoms with van der Waals surface area (Å²) in [6.45, 7) is -0.128. The van der Waals surface area contributed by atoms with Gasteiger partial charge in [-0.25, -0.2) is 0 Å². The first-order valence-corrected chi connectivity index (χ1v) is 5.69. The van der Waals surface area contributed by atoms with E-state index in [1.54, 1.807) is 6.07 Å². The fraction of sp³-hybridized carbons (Fsp3) is 0.727. The van der Waals surface area contributed by atoms with Crippen molar-refractivity contribution in [2.45, 2.75) is 44.6 Å². The zero-order chi connectivity index (χ0) is 11.8. The van der Waals surface area contributed by atoms with Gasteiger partial charge in [-0.15, -0.1) is 0 Å². The number of nitrogens with zero attached hydrogens (tertiary/aromatic N) is 1. The third-order valence-corrected chi connectivity index (χ3v) is 2.72. The van der Waals surface area contributed by atoms with Crippen LogP contribution in [0.5, 0.6) is 0 Å². The van der Waals surface area contributed by atoms with Crippen LogP contribution >= 0.6 is 0 Å². The molecule has 0 saturated heterocycles. The first kappa shape index (κ1) is 12.5. The maximum Gasteiger partial charge on any atom is 0.310 e. The van der Waals surface area contributed by atoms with Gasteiger partial charge in [-0.2, -0.15) is 5.26 Å². The predicted octanol–water partition coefficient (Wildman–Crippen LogP) is 0.465. The Kier molecular flexibility index (Phi) is 5.34. The fourth-order valence-electron chi connectivity index (χ4n) is 1.87. The average molecular weight is 223 g/mol. The van der Waals surface area contributed by atoms with Crippen LogP contribution in [0.25, 0.3) is 0 Å². The molecular formula is C11H17N3O2. The van der Waals surface area contributed by atoms with Crippen molar-refractivity contribution in [3.8, 4) is 6.07 Å². The van der Waals surface area contributed by atoms with Crippen LogP contribution in [0, 0.1) is 11.3 Å². The normalized spacial score (nSPS) is 16.9. The SMILES string of the molecule is N#CCNC(=O)C(=O)NC1CCCCCC1. The van der Waals surface area contributed by atoms with Crippen molar-refractivity contribution in [3.63, 3.8) is 0 Å². The third kappa shape index (κ3) is 4.30. The Balaban J connectivity index is 2.32. The van der Waals surface area contributed by atoms with Crippen LogP contribution in [0.4, 0.5) is 0 Å². The largest absolute Gasteiger partial charge is 0.345 e. The van der Waals surface area contributed by atoms with Crippen molar-refractivity contribution in [2.75, 3.05) is 6.54 Å². The van der Waals surface area contributed by atoms with E-state index in [0.717, 1.165) is 25.7 Å². The lowest BCUT2D eigenvalue weighted by molar-refractivity contribution is -0.139. The highest BCUT2D eigenvalue weighted by atomic mass is 16.2. The van der Waals surface area contributed by atoms with Crippen molar-refractivity contribution in [3.05, 3.63) is 0 Å². The van der Waals surface area contributed by atoms with Gasteiger partial charge in [0.05, 0.1) is 6.07 Å². The van der Waals surface area contributed by atoms with Crippen molar-refractivity contribution >= 4 is 11.8 Å². The first-order chi connectivity index (χ1) is 7.74. The molecule has 1 aliphatic carbocycles. The van der Waals surface area contributed by atoms with E-state index in [4.69, 9.17) is 5.26 Å². The molecule has 0 aromatic rings. The molecule has 0 heterocycles. The van der Waals surface area contributed by atoms with E-state index in [1.807, 2.05) is 0 Å². The Morgan fingerprint density at radius 1 is 1.12 bits per heavy atom. The summed E-state index contributed by atoms with van der Waals surface area (Å²) in [4.78, 5) is 22.6. The summed E-state index contributed by atoms with van der Waals surface area (Å²) in [5.41, 5.74) is 0. The molecule has 5 heteroatoms. The fourth-order valence-corrected chi connectivity index (χ4v) is 1.87. The average Bonchev–Trinajstić information content (AvgIpc) is 2.54. The lowest BCUT2D eigenvalue weighted by atomic mass is 10.1. The summed E-state index contributed by atoms with van der Waals surface area (Å²) in [5.74, 6) is -1.34. The molecule has 2 N–H and O–H groups in total. The number of nitriles is 1. The summed E-state index contributed by atoms with van der Waals surface area (Å²) < 4.78 is 0. The molecule has 0 atom stereocenters. The molecule has 1 fully saturated rings. The van der Waals surface area contributed by atoms with Crippen molar-refractivity contribution in [1.29, 1.82) is 5.26 Å². The molecule has 88 valence electrons. The highest BCUT2D eigenvalue weighted by Crippen LogP contribution is 2.16. The maximum atomic E-state index is 11.4. The molecule has 0 aromatic heterocycles. The molecule has 0 spiro atoms. The summed E-state index contributed by atoms with van der Waals surface area (Å²) in [7, 11) is 0. The molecule has 0 aromatic carbocycles. The van der Waals surface area contributed by atoms with E-state index in [1.165, 1.54) is 12.8 Å². The van der Waals surface area contributed by atoms with Crippen molar-refractivity contribution in [1.82, 2.24) is 10.6 Å². The quantitative estimate of drug-likeness (QED) is 0.405. The van der Waals surface area contributed by atoms with Crippen LogP contribution in [0.1, 0.15) is 38.5 Å². The van der Waals surface area contributed by atoms with Crippen molar-refractivity contribution in [2.24, 2.45) is 0 Å². The van der Waals surface area contributed by atoms with Crippen molar-refractivity contribution < 1.29 is 9.59 Å². The Bertz CT molecular complexity index is 288. The first-order valence-electron chi connectivity index (χ1n) is 5.69. The topological polar surface area (TPSA) is 82.0 Å². The molecular weight excluding hydrogens is 206 g/mol. The molecule has 5 nitrogen and oxygen atoms in total. The highest BCUT2D eigenvalue weighted by molar-refractivity contribution is 6.35. The van der Waals surface area contributed by atoms with E-state index >= 15 is 0 Å². The summed E-state index contributed by atoms with van der Waals surface area (Å²) in [5, 5.41) is 13.2. The molecule has 0 radical (unpaired) electrons. The van der Waals surface area contributed by atoms with Crippen LogP contribution in [-0.4, -0.2) is 24.4 Å². The molecule has 1 rings (SSSR count). The smallest absolute Gasteiger partial charge is 0.310 e. The number of nitrogens with one attached hydrogen (secondary N) is 2. The zero-order valence-corrected chi connectivity index (χ0v) is 9.29. The molecule has 1 saturated carbocycles. The number of amides is 2. The van der Waals surface area contributed by atoms with E-state index in [9.17, 15) is 9.59 Å². The molecule has 0 aliphatic heterocycles. The lowest BCUT2D eigenvalue weighted by Crippen LogP contribution is -2.44. The number of rotatable bonds is 2. The Labute approximate surface area is 95.2 Å². The molecule has 0 bridgehead atoms. The molecule has 16 heavy (non-hydrogen) atoms. The lowest BCUT2D eigenvalue weighted by Gasteiger charge is -2.15. The van der Waals surface area contributed by atoms with Gasteiger partial charge in [-0.3, -0.25) is 9.59 Å². The monoisotopic (exact) mass is 223 g/mol. The minimum absolute atomic E-state index is 0.114. The number of carbonyl (C=O) groups is 2. The number of hydrogen-bond donors (Lipinski definition) is 2. The van der Waals surface area contributed by atoms with Gasteiger partial charge in [-0.1, -0.05) is 25.7 Å². The van der Waals surface area contributed by atoms with E-state index in [0.29, 0.717) is 0 Å². The molecule has 2 amide bonds. The predicted molar refractivity (Wildman–Crippen MR) is 58.3 cm³/mol. The van der Waals surface area contributed by atoms with E-state index in [-0.39, 0.29) is 12.6 Å². The van der Waals surface area contributed by atoms with E-state index in [2.05, 4.69) is 10.6 Å². The standard InChI is InChI=1S/C11H17N3O2/c12-7-8-13-10(15)11(16)14-9-5-3-1-2-4-6-9/h9H,1-6,8H2,(H,13,15)(H,14,16). The van der Waals surface area contributed by atoms with Crippen LogP contribution < -0.4 is 10.6 Å². The molecule has 0 unspecified atom stereocenters. The van der Waals surface area contributed by atoms with Crippen LogP contribution in [-0.2, 0) is 9.59 Å². The van der Waals surface area contributed by atoms with Gasteiger partial charge < -0.3 is 10.6 Å². The maximum absolute atomic E-state index is 11.4. The Morgan fingerprint density at radius 2 is 1.75 bits per heavy atom. The zero-order valence-electron chi connectivity index (χ0n) is 9.29. The van der Waals surface area contributed by atoms with Gasteiger partial charge in [0.2, 0.25) is 0 Å². The van der Waals surface area contributed by atoms with Gasteiger partial charge in [0.25, 0.3) is 0 Å². The van der Waals surface area contributed by atoms with Crippen LogP contribution in [0.2, 0.25) is 0 Å². The van der Waals surface area contributed by atoms with Gasteiger partial charge in [0.1, 0.15) is 6.54 Å². The minimum Gasteiger partial charge on any atom is -0.345 e. The summed E-state index contributed by atoms with van der Waals surface area (Å²) in [6, 6.07) is 1.87. The number of hydrogen-bond acceptors (Lipinski definition) is 3. The van der Waals surface area contributed by atoms with Crippen LogP contribution in [0.15, 0.2) is 0 Å². The third-order valence-electron chi connectivity index (χ3n) is 2.72. The van der Waals surface area contributed by atoms with Crippen LogP contribution in [0.3, 0.4) is 0 Å². The van der Waals surface area contributed by atoms with Gasteiger partial charge >= 0.3 is 11.8 Å². The summed E-state index contributed by atoms with van der Waals surface area (Å²) in [6.07, 6.45) is 6.49. The second-order valence-electron chi connectivity index (χ2n) is 4.00. The van der Waals surface area contributed by atoms with Gasteiger partial charge in [-0.05, 0) is 12.8 Å². The highest BCUT2D eigenvalue weighted by Gasteiger charge is 2.18. The Morgan fingerprint density at radius 3 is 2.31 bits per heavy atom. The second kappa shape index (κ2) is 6.83. The Hall–Kier alpha value is -1.57. The van der Waals surface area contributed by atoms with Gasteiger partial charge in [0.15, 0.2) is 0 Å². The summed E-state index contributed by atoms with van der Waals surface area (Å²) >= 11 is 0. The second-order valence-corrected chi connectivity index (χ2v) is 4.00. The van der Waals surface area contributed by atoms with E-state index < -0.39 is 11.8 Å². The minimum atomic E-state index is -0.717.